The number of hydrogen-bond acceptors (Lipinski definition) is 7. The van der Waals surface area contributed by atoms with Crippen LogP contribution in [0.4, 0.5) is 5.82 Å². The van der Waals surface area contributed by atoms with Crippen LogP contribution in [0.5, 0.6) is 11.5 Å². The number of hydroxylamine groups is 1. The molecule has 178 valence electrons. The highest BCUT2D eigenvalue weighted by molar-refractivity contribution is 5.94. The van der Waals surface area contributed by atoms with Crippen molar-refractivity contribution in [1.29, 1.82) is 0 Å². The number of nitrogens with zero attached hydrogens (tertiary/aromatic N) is 1. The molecule has 0 saturated heterocycles. The SMILES string of the molecule is COc1cc2cc(c1)COc1cccnc1NC(=O)C(CCCCCC(=O)NO)OCCC2. The predicted octanol–water partition coefficient (Wildman–Crippen LogP) is 3.40. The lowest BCUT2D eigenvalue weighted by atomic mass is 10.1. The number of nitrogens with one attached hydrogen (secondary N) is 2. The lowest BCUT2D eigenvalue weighted by molar-refractivity contribution is -0.129. The summed E-state index contributed by atoms with van der Waals surface area (Å²) in [6.45, 7) is 0.753. The Morgan fingerprint density at radius 3 is 2.94 bits per heavy atom. The second-order valence-corrected chi connectivity index (χ2v) is 7.91. The number of rotatable bonds is 7. The second-order valence-electron chi connectivity index (χ2n) is 7.91. The van der Waals surface area contributed by atoms with E-state index in [2.05, 4.69) is 16.4 Å². The summed E-state index contributed by atoms with van der Waals surface area (Å²) in [5.74, 6) is 0.901. The van der Waals surface area contributed by atoms with Gasteiger partial charge in [0.1, 0.15) is 18.5 Å². The average Bonchev–Trinajstić information content (AvgIpc) is 2.83. The summed E-state index contributed by atoms with van der Waals surface area (Å²) in [5, 5.41) is 11.4. The molecule has 33 heavy (non-hydrogen) atoms. The molecule has 0 aliphatic carbocycles. The fourth-order valence-electron chi connectivity index (χ4n) is 3.67. The van der Waals surface area contributed by atoms with Crippen molar-refractivity contribution in [3.05, 3.63) is 47.7 Å². The first-order valence-corrected chi connectivity index (χ1v) is 11.2. The van der Waals surface area contributed by atoms with E-state index in [9.17, 15) is 9.59 Å². The number of hydrogen-bond donors (Lipinski definition) is 3. The van der Waals surface area contributed by atoms with Gasteiger partial charge in [-0.15, -0.1) is 0 Å². The molecule has 3 N–H and O–H groups in total. The molecule has 1 aromatic carbocycles. The minimum atomic E-state index is -0.643. The Morgan fingerprint density at radius 2 is 2.12 bits per heavy atom. The number of unbranched alkanes of at least 4 members (excludes halogenated alkanes) is 2. The molecule has 0 saturated carbocycles. The van der Waals surface area contributed by atoms with E-state index in [-0.39, 0.29) is 12.3 Å². The van der Waals surface area contributed by atoms with E-state index < -0.39 is 12.0 Å². The van der Waals surface area contributed by atoms with Gasteiger partial charge in [0.25, 0.3) is 5.91 Å². The maximum Gasteiger partial charge on any atom is 0.254 e. The maximum atomic E-state index is 13.0. The van der Waals surface area contributed by atoms with Crippen molar-refractivity contribution < 1.29 is 29.0 Å². The molecule has 1 aliphatic heterocycles. The van der Waals surface area contributed by atoms with Crippen LogP contribution < -0.4 is 20.3 Å². The molecule has 2 bridgehead atoms. The number of amides is 2. The number of methoxy groups -OCH3 is 1. The van der Waals surface area contributed by atoms with Crippen LogP contribution >= 0.6 is 0 Å². The number of benzene rings is 1. The van der Waals surface area contributed by atoms with Crippen LogP contribution in [0.3, 0.4) is 0 Å². The third-order valence-corrected chi connectivity index (χ3v) is 5.38. The standard InChI is InChI=1S/C24H31N3O6/c1-31-19-14-17-7-6-12-32-21(8-3-2-4-10-22(28)27-30)24(29)26-23-20(9-5-11-25-23)33-16-18(13-17)15-19/h5,9,11,13-15,21,30H,2-4,6-8,10,12,16H2,1H3,(H,27,28)(H,25,26,29). The Morgan fingerprint density at radius 1 is 1.27 bits per heavy atom. The summed E-state index contributed by atoms with van der Waals surface area (Å²) in [4.78, 5) is 28.4. The molecule has 2 amide bonds. The van der Waals surface area contributed by atoms with Crippen LogP contribution in [-0.4, -0.2) is 41.8 Å². The van der Waals surface area contributed by atoms with Crippen molar-refractivity contribution in [2.45, 2.75) is 57.7 Å². The van der Waals surface area contributed by atoms with Gasteiger partial charge in [-0.3, -0.25) is 14.8 Å². The van der Waals surface area contributed by atoms with Crippen molar-refractivity contribution in [3.8, 4) is 11.5 Å². The molecule has 2 aromatic rings. The zero-order valence-corrected chi connectivity index (χ0v) is 18.8. The predicted molar refractivity (Wildman–Crippen MR) is 121 cm³/mol. The van der Waals surface area contributed by atoms with Crippen molar-refractivity contribution >= 4 is 17.6 Å². The third kappa shape index (κ3) is 7.73. The molecule has 0 fully saturated rings. The lowest BCUT2D eigenvalue weighted by Crippen LogP contribution is -2.31. The highest BCUT2D eigenvalue weighted by atomic mass is 16.5. The van der Waals surface area contributed by atoms with E-state index in [4.69, 9.17) is 19.4 Å². The third-order valence-electron chi connectivity index (χ3n) is 5.38. The summed E-state index contributed by atoms with van der Waals surface area (Å²) >= 11 is 0. The van der Waals surface area contributed by atoms with Gasteiger partial charge in [-0.05, 0) is 61.1 Å². The van der Waals surface area contributed by atoms with Gasteiger partial charge >= 0.3 is 0 Å². The fraction of sp³-hybridized carbons (Fsp3) is 0.458. The van der Waals surface area contributed by atoms with Gasteiger partial charge in [0.15, 0.2) is 11.6 Å². The monoisotopic (exact) mass is 457 g/mol. The highest BCUT2D eigenvalue weighted by Crippen LogP contribution is 2.25. The van der Waals surface area contributed by atoms with Crippen LogP contribution in [0.15, 0.2) is 36.5 Å². The summed E-state index contributed by atoms with van der Waals surface area (Å²) in [7, 11) is 1.64. The van der Waals surface area contributed by atoms with Crippen LogP contribution in [-0.2, 0) is 27.4 Å². The Kier molecular flexibility index (Phi) is 9.46. The molecule has 1 aromatic heterocycles. The van der Waals surface area contributed by atoms with E-state index in [1.54, 1.807) is 30.9 Å². The molecule has 1 aliphatic rings. The molecule has 9 heteroatoms. The van der Waals surface area contributed by atoms with Gasteiger partial charge in [0.2, 0.25) is 5.91 Å². The van der Waals surface area contributed by atoms with Gasteiger partial charge < -0.3 is 19.5 Å². The molecule has 2 heterocycles. The molecule has 0 radical (unpaired) electrons. The van der Waals surface area contributed by atoms with Crippen LogP contribution in [0.2, 0.25) is 0 Å². The molecule has 0 spiro atoms. The summed E-state index contributed by atoms with van der Waals surface area (Å²) in [6, 6.07) is 9.53. The van der Waals surface area contributed by atoms with E-state index in [1.807, 2.05) is 12.1 Å². The van der Waals surface area contributed by atoms with Crippen molar-refractivity contribution in [3.63, 3.8) is 0 Å². The van der Waals surface area contributed by atoms with Crippen LogP contribution in [0.1, 0.15) is 49.7 Å². The molecule has 9 nitrogen and oxygen atoms in total. The number of carbonyl (C=O) groups excluding carboxylic acids is 2. The largest absolute Gasteiger partial charge is 0.497 e. The van der Waals surface area contributed by atoms with Gasteiger partial charge in [0, 0.05) is 19.2 Å². The molecular weight excluding hydrogens is 426 g/mol. The number of aromatic nitrogens is 1. The van der Waals surface area contributed by atoms with E-state index in [1.165, 1.54) is 0 Å². The van der Waals surface area contributed by atoms with Crippen molar-refractivity contribution in [2.24, 2.45) is 0 Å². The average molecular weight is 458 g/mol. The fourth-order valence-corrected chi connectivity index (χ4v) is 3.67. The molecule has 1 unspecified atom stereocenters. The number of carbonyl (C=O) groups is 2. The minimum absolute atomic E-state index is 0.241. The number of anilines is 1. The summed E-state index contributed by atoms with van der Waals surface area (Å²) < 4.78 is 17.4. The van der Waals surface area contributed by atoms with E-state index in [0.29, 0.717) is 44.0 Å². The Hall–Kier alpha value is -3.17. The summed E-state index contributed by atoms with van der Waals surface area (Å²) in [6.07, 6.45) is 5.32. The maximum absolute atomic E-state index is 13.0. The molecule has 3 rings (SSSR count). The number of ether oxygens (including phenoxy) is 3. The van der Waals surface area contributed by atoms with E-state index in [0.717, 1.165) is 36.1 Å². The smallest absolute Gasteiger partial charge is 0.254 e. The summed E-state index contributed by atoms with van der Waals surface area (Å²) in [5.41, 5.74) is 3.71. The normalized spacial score (nSPS) is 16.5. The first-order valence-electron chi connectivity index (χ1n) is 11.2. The van der Waals surface area contributed by atoms with Gasteiger partial charge in [-0.2, -0.15) is 0 Å². The van der Waals surface area contributed by atoms with Crippen molar-refractivity contribution in [1.82, 2.24) is 10.5 Å². The molecule has 1 atom stereocenters. The zero-order chi connectivity index (χ0) is 23.5. The number of aryl methyl sites for hydroxylation is 1. The van der Waals surface area contributed by atoms with Gasteiger partial charge in [-0.25, -0.2) is 10.5 Å². The molecular formula is C24H31N3O6. The lowest BCUT2D eigenvalue weighted by Gasteiger charge is -2.19. The second kappa shape index (κ2) is 12.8. The van der Waals surface area contributed by atoms with Crippen molar-refractivity contribution in [2.75, 3.05) is 19.0 Å². The highest BCUT2D eigenvalue weighted by Gasteiger charge is 2.21. The van der Waals surface area contributed by atoms with Gasteiger partial charge in [0.05, 0.1) is 7.11 Å². The van der Waals surface area contributed by atoms with Gasteiger partial charge in [-0.1, -0.05) is 18.9 Å². The Bertz CT molecular complexity index is 936. The minimum Gasteiger partial charge on any atom is -0.497 e. The number of pyridine rings is 1. The first-order chi connectivity index (χ1) is 16.1. The number of fused-ring (bicyclic) bond motifs is 3. The Labute approximate surface area is 193 Å². The zero-order valence-electron chi connectivity index (χ0n) is 18.8. The van der Waals surface area contributed by atoms with Crippen LogP contribution in [0, 0.1) is 0 Å². The first kappa shape index (κ1) is 24.5. The topological polar surface area (TPSA) is 119 Å². The Balaban J connectivity index is 1.71. The quantitative estimate of drug-likeness (QED) is 0.331. The van der Waals surface area contributed by atoms with E-state index >= 15 is 0 Å². The van der Waals surface area contributed by atoms with Crippen LogP contribution in [0.25, 0.3) is 0 Å².